The summed E-state index contributed by atoms with van der Waals surface area (Å²) in [5.74, 6) is -0.140. The van der Waals surface area contributed by atoms with Crippen LogP contribution in [-0.2, 0) is 16.2 Å². The van der Waals surface area contributed by atoms with Crippen molar-refractivity contribution in [3.8, 4) is 0 Å². The van der Waals surface area contributed by atoms with Crippen molar-refractivity contribution in [2.75, 3.05) is 11.4 Å². The molecule has 0 saturated carbocycles. The first-order chi connectivity index (χ1) is 15.7. The number of amides is 2. The second-order valence-corrected chi connectivity index (χ2v) is 11.6. The Hall–Kier alpha value is -3.05. The number of carbonyl (C=O) groups excluding carboxylic acids is 2. The largest absolute Gasteiger partial charge is 0.310 e. The van der Waals surface area contributed by atoms with Crippen molar-refractivity contribution >= 4 is 29.3 Å². The maximum atomic E-state index is 14.3. The molecule has 1 atom stereocenters. The molecular formula is C28H28N2O2S. The zero-order valence-electron chi connectivity index (χ0n) is 19.5. The lowest BCUT2D eigenvalue weighted by atomic mass is 10.0. The first-order valence-corrected chi connectivity index (χ1v) is 12.1. The van der Waals surface area contributed by atoms with Gasteiger partial charge in [0.2, 0.25) is 0 Å². The molecule has 1 spiro atoms. The Morgan fingerprint density at radius 2 is 1.61 bits per heavy atom. The summed E-state index contributed by atoms with van der Waals surface area (Å²) in [5.41, 5.74) is 5.66. The molecule has 5 rings (SSSR count). The summed E-state index contributed by atoms with van der Waals surface area (Å²) in [4.78, 5) is 30.8. The van der Waals surface area contributed by atoms with E-state index >= 15 is 0 Å². The summed E-state index contributed by atoms with van der Waals surface area (Å²) in [5, 5.41) is 0. The van der Waals surface area contributed by atoms with E-state index in [0.29, 0.717) is 18.7 Å². The lowest BCUT2D eigenvalue weighted by Crippen LogP contribution is -2.50. The standard InChI is InChI=1S/C28H28N2O2S/c1-19-10-13-22(14-11-19)25(31)30-18-27(3,4)33-28(30)23-16-20(2)12-15-24(23)29(26(28)32)17-21-8-6-5-7-9-21/h5-16H,17-18H2,1-4H3/t28-/m1/s1. The van der Waals surface area contributed by atoms with Gasteiger partial charge in [0, 0.05) is 22.4 Å². The molecule has 0 aliphatic carbocycles. The smallest absolute Gasteiger partial charge is 0.268 e. The molecule has 2 amide bonds. The van der Waals surface area contributed by atoms with Gasteiger partial charge in [-0.2, -0.15) is 0 Å². The molecule has 0 aromatic heterocycles. The summed E-state index contributed by atoms with van der Waals surface area (Å²) in [7, 11) is 0. The normalized spacial score (nSPS) is 21.0. The van der Waals surface area contributed by atoms with E-state index in [2.05, 4.69) is 19.9 Å². The van der Waals surface area contributed by atoms with Gasteiger partial charge >= 0.3 is 0 Å². The van der Waals surface area contributed by atoms with Gasteiger partial charge < -0.3 is 9.80 Å². The van der Waals surface area contributed by atoms with E-state index in [-0.39, 0.29) is 16.6 Å². The predicted octanol–water partition coefficient (Wildman–Crippen LogP) is 5.67. The van der Waals surface area contributed by atoms with Crippen molar-refractivity contribution < 1.29 is 9.59 Å². The molecule has 3 aromatic carbocycles. The van der Waals surface area contributed by atoms with Crippen LogP contribution in [-0.4, -0.2) is 28.0 Å². The Bertz CT molecular complexity index is 1240. The highest BCUT2D eigenvalue weighted by atomic mass is 32.2. The minimum Gasteiger partial charge on any atom is -0.310 e. The Kier molecular flexibility index (Phi) is 5.13. The number of benzene rings is 3. The Labute approximate surface area is 199 Å². The Balaban J connectivity index is 1.65. The lowest BCUT2D eigenvalue weighted by molar-refractivity contribution is -0.123. The number of nitrogens with zero attached hydrogens (tertiary/aromatic N) is 2. The topological polar surface area (TPSA) is 40.6 Å². The van der Waals surface area contributed by atoms with Crippen molar-refractivity contribution in [1.82, 2.24) is 4.90 Å². The zero-order valence-corrected chi connectivity index (χ0v) is 20.3. The van der Waals surface area contributed by atoms with E-state index in [0.717, 1.165) is 27.9 Å². The molecule has 0 radical (unpaired) electrons. The number of carbonyl (C=O) groups is 2. The molecule has 5 heteroatoms. The maximum Gasteiger partial charge on any atom is 0.268 e. The number of anilines is 1. The minimum absolute atomic E-state index is 0.0389. The number of thioether (sulfide) groups is 1. The van der Waals surface area contributed by atoms with E-state index in [1.54, 1.807) is 11.8 Å². The fourth-order valence-electron chi connectivity index (χ4n) is 4.89. The average molecular weight is 457 g/mol. The van der Waals surface area contributed by atoms with Gasteiger partial charge in [-0.1, -0.05) is 65.7 Å². The quantitative estimate of drug-likeness (QED) is 0.510. The van der Waals surface area contributed by atoms with Crippen LogP contribution in [0.1, 0.15) is 46.5 Å². The molecule has 2 aliphatic heterocycles. The number of fused-ring (bicyclic) bond motifs is 2. The fourth-order valence-corrected chi connectivity index (χ4v) is 6.61. The molecule has 4 nitrogen and oxygen atoms in total. The maximum absolute atomic E-state index is 14.3. The molecule has 0 bridgehead atoms. The molecule has 168 valence electrons. The molecule has 1 saturated heterocycles. The van der Waals surface area contributed by atoms with Crippen LogP contribution in [0.5, 0.6) is 0 Å². The van der Waals surface area contributed by atoms with Crippen LogP contribution in [0.4, 0.5) is 5.69 Å². The SMILES string of the molecule is Cc1ccc(C(=O)N2CC(C)(C)S[C@]23C(=O)N(Cc2ccccc2)c2ccc(C)cc23)cc1. The van der Waals surface area contributed by atoms with Gasteiger partial charge in [-0.05, 0) is 51.5 Å². The molecular weight excluding hydrogens is 428 g/mol. The highest BCUT2D eigenvalue weighted by Gasteiger charge is 2.63. The first-order valence-electron chi connectivity index (χ1n) is 11.3. The van der Waals surface area contributed by atoms with E-state index < -0.39 is 4.87 Å². The third-order valence-corrected chi connectivity index (χ3v) is 8.01. The van der Waals surface area contributed by atoms with Gasteiger partial charge in [-0.3, -0.25) is 9.59 Å². The number of hydrogen-bond acceptors (Lipinski definition) is 3. The van der Waals surface area contributed by atoms with Crippen molar-refractivity contribution in [2.45, 2.75) is 43.9 Å². The van der Waals surface area contributed by atoms with Crippen molar-refractivity contribution in [3.63, 3.8) is 0 Å². The van der Waals surface area contributed by atoms with E-state index in [9.17, 15) is 9.59 Å². The fraction of sp³-hybridized carbons (Fsp3) is 0.286. The molecule has 33 heavy (non-hydrogen) atoms. The predicted molar refractivity (Wildman–Crippen MR) is 134 cm³/mol. The monoisotopic (exact) mass is 456 g/mol. The number of rotatable bonds is 3. The average Bonchev–Trinajstić information content (AvgIpc) is 3.20. The van der Waals surface area contributed by atoms with E-state index in [1.165, 1.54) is 0 Å². The third-order valence-electron chi connectivity index (χ3n) is 6.41. The van der Waals surface area contributed by atoms with Crippen molar-refractivity contribution in [3.05, 3.63) is 101 Å². The molecule has 2 heterocycles. The molecule has 0 N–H and O–H groups in total. The van der Waals surface area contributed by atoms with Crippen LogP contribution in [0.3, 0.4) is 0 Å². The summed E-state index contributed by atoms with van der Waals surface area (Å²) < 4.78 is -0.264. The van der Waals surface area contributed by atoms with Crippen LogP contribution in [0.25, 0.3) is 0 Å². The van der Waals surface area contributed by atoms with Gasteiger partial charge in [0.15, 0.2) is 4.87 Å². The van der Waals surface area contributed by atoms with Crippen molar-refractivity contribution in [1.29, 1.82) is 0 Å². The van der Waals surface area contributed by atoms with Crippen LogP contribution in [0, 0.1) is 13.8 Å². The summed E-state index contributed by atoms with van der Waals surface area (Å²) in [6.45, 7) is 9.25. The molecule has 0 unspecified atom stereocenters. The van der Waals surface area contributed by atoms with Gasteiger partial charge in [0.1, 0.15) is 0 Å². The zero-order chi connectivity index (χ0) is 23.4. The number of hydrogen-bond donors (Lipinski definition) is 0. The van der Waals surface area contributed by atoms with Crippen LogP contribution >= 0.6 is 11.8 Å². The number of aryl methyl sites for hydroxylation is 2. The Morgan fingerprint density at radius 3 is 2.30 bits per heavy atom. The second kappa shape index (κ2) is 7.77. The van der Waals surface area contributed by atoms with Crippen LogP contribution < -0.4 is 4.90 Å². The van der Waals surface area contributed by atoms with Gasteiger partial charge in [0.05, 0.1) is 12.2 Å². The third kappa shape index (κ3) is 3.55. The van der Waals surface area contributed by atoms with Crippen LogP contribution in [0.2, 0.25) is 0 Å². The minimum atomic E-state index is -1.07. The molecule has 2 aliphatic rings. The first kappa shape index (κ1) is 21.8. The second-order valence-electron chi connectivity index (χ2n) is 9.66. The van der Waals surface area contributed by atoms with Crippen LogP contribution in [0.15, 0.2) is 72.8 Å². The highest BCUT2D eigenvalue weighted by Crippen LogP contribution is 2.60. The van der Waals surface area contributed by atoms with Gasteiger partial charge in [0.25, 0.3) is 11.8 Å². The van der Waals surface area contributed by atoms with Gasteiger partial charge in [-0.15, -0.1) is 11.8 Å². The van der Waals surface area contributed by atoms with E-state index in [1.807, 2.05) is 90.4 Å². The van der Waals surface area contributed by atoms with E-state index in [4.69, 9.17) is 0 Å². The van der Waals surface area contributed by atoms with Crippen molar-refractivity contribution in [2.24, 2.45) is 0 Å². The highest BCUT2D eigenvalue weighted by molar-refractivity contribution is 8.02. The molecule has 1 fully saturated rings. The Morgan fingerprint density at radius 1 is 0.939 bits per heavy atom. The summed E-state index contributed by atoms with van der Waals surface area (Å²) in [6, 6.07) is 23.8. The molecule has 3 aromatic rings. The van der Waals surface area contributed by atoms with Gasteiger partial charge in [-0.25, -0.2) is 0 Å². The summed E-state index contributed by atoms with van der Waals surface area (Å²) in [6.07, 6.45) is 0. The lowest BCUT2D eigenvalue weighted by Gasteiger charge is -2.33. The summed E-state index contributed by atoms with van der Waals surface area (Å²) >= 11 is 1.60.